The number of rotatable bonds is 3. The Kier molecular flexibility index (Phi) is 2.92. The number of nitriles is 1. The maximum absolute atomic E-state index is 12.0. The smallest absolute Gasteiger partial charge is 0.261 e. The molecule has 1 aromatic carbocycles. The summed E-state index contributed by atoms with van der Waals surface area (Å²) in [4.78, 5) is 25.3. The molecule has 0 saturated carbocycles. The van der Waals surface area contributed by atoms with Crippen LogP contribution in [0.15, 0.2) is 24.3 Å². The van der Waals surface area contributed by atoms with Gasteiger partial charge < -0.3 is 0 Å². The van der Waals surface area contributed by atoms with Crippen LogP contribution >= 0.6 is 0 Å². The Morgan fingerprint density at radius 2 is 1.76 bits per heavy atom. The predicted molar refractivity (Wildman–Crippen MR) is 61.3 cm³/mol. The van der Waals surface area contributed by atoms with Crippen LogP contribution < -0.4 is 0 Å². The van der Waals surface area contributed by atoms with Gasteiger partial charge in [-0.05, 0) is 25.5 Å². The highest BCUT2D eigenvalue weighted by Gasteiger charge is 2.37. The minimum absolute atomic E-state index is 0.234. The Morgan fingerprint density at radius 3 is 2.24 bits per heavy atom. The summed E-state index contributed by atoms with van der Waals surface area (Å²) in [7, 11) is 0. The minimum Gasteiger partial charge on any atom is -0.271 e. The van der Waals surface area contributed by atoms with Crippen molar-refractivity contribution in [2.75, 3.05) is 0 Å². The van der Waals surface area contributed by atoms with Gasteiger partial charge in [0, 0.05) is 12.5 Å². The van der Waals surface area contributed by atoms with Crippen molar-refractivity contribution in [2.45, 2.75) is 25.8 Å². The molecular weight excluding hydrogens is 216 g/mol. The van der Waals surface area contributed by atoms with Crippen LogP contribution in [-0.2, 0) is 0 Å². The molecular formula is C13H12N2O2. The number of hydrogen-bond donors (Lipinski definition) is 0. The molecule has 0 bridgehead atoms. The summed E-state index contributed by atoms with van der Waals surface area (Å²) in [6.07, 6.45) is 0.858. The van der Waals surface area contributed by atoms with Gasteiger partial charge in [0.15, 0.2) is 0 Å². The molecule has 4 nitrogen and oxygen atoms in total. The Morgan fingerprint density at radius 1 is 1.24 bits per heavy atom. The van der Waals surface area contributed by atoms with Crippen molar-refractivity contribution in [1.29, 1.82) is 5.26 Å². The number of fused-ring (bicyclic) bond motifs is 1. The second-order valence-corrected chi connectivity index (χ2v) is 4.07. The van der Waals surface area contributed by atoms with Crippen molar-refractivity contribution in [3.63, 3.8) is 0 Å². The highest BCUT2D eigenvalue weighted by Crippen LogP contribution is 2.25. The van der Waals surface area contributed by atoms with E-state index in [0.717, 1.165) is 0 Å². The zero-order chi connectivity index (χ0) is 12.4. The molecule has 1 aliphatic rings. The zero-order valence-electron chi connectivity index (χ0n) is 9.51. The molecule has 86 valence electrons. The van der Waals surface area contributed by atoms with Crippen LogP contribution in [0.3, 0.4) is 0 Å². The number of hydrogen-bond acceptors (Lipinski definition) is 3. The van der Waals surface area contributed by atoms with E-state index in [0.29, 0.717) is 24.0 Å². The van der Waals surface area contributed by atoms with E-state index >= 15 is 0 Å². The number of benzene rings is 1. The maximum Gasteiger partial charge on any atom is 0.261 e. The van der Waals surface area contributed by atoms with Gasteiger partial charge in [-0.3, -0.25) is 14.5 Å². The fraction of sp³-hybridized carbons (Fsp3) is 0.308. The minimum atomic E-state index is -0.254. The third kappa shape index (κ3) is 1.80. The standard InChI is InChI=1S/C13H12N2O2/c1-9(5-4-8-14)15-12(16)10-6-2-3-7-11(10)13(15)17/h2-3,6-7,9H,4-5H2,1H3. The molecule has 1 unspecified atom stereocenters. The van der Waals surface area contributed by atoms with E-state index in [-0.39, 0.29) is 17.9 Å². The van der Waals surface area contributed by atoms with Gasteiger partial charge in [-0.2, -0.15) is 5.26 Å². The second kappa shape index (κ2) is 4.38. The molecule has 2 amide bonds. The molecule has 0 spiro atoms. The lowest BCUT2D eigenvalue weighted by atomic mass is 10.1. The van der Waals surface area contributed by atoms with Crippen molar-refractivity contribution in [2.24, 2.45) is 0 Å². The third-order valence-corrected chi connectivity index (χ3v) is 2.94. The third-order valence-electron chi connectivity index (χ3n) is 2.94. The highest BCUT2D eigenvalue weighted by atomic mass is 16.2. The number of amides is 2. The largest absolute Gasteiger partial charge is 0.271 e. The lowest BCUT2D eigenvalue weighted by molar-refractivity contribution is 0.0591. The lowest BCUT2D eigenvalue weighted by Gasteiger charge is -2.21. The quantitative estimate of drug-likeness (QED) is 0.743. The summed E-state index contributed by atoms with van der Waals surface area (Å²) in [6, 6.07) is 8.60. The van der Waals surface area contributed by atoms with E-state index in [1.165, 1.54) is 4.90 Å². The van der Waals surface area contributed by atoms with Gasteiger partial charge in [-0.15, -0.1) is 0 Å². The first kappa shape index (κ1) is 11.3. The van der Waals surface area contributed by atoms with Gasteiger partial charge in [-0.25, -0.2) is 0 Å². The molecule has 1 aromatic rings. The van der Waals surface area contributed by atoms with Crippen LogP contribution in [0.1, 0.15) is 40.5 Å². The van der Waals surface area contributed by atoms with Crippen LogP contribution in [-0.4, -0.2) is 22.8 Å². The fourth-order valence-electron chi connectivity index (χ4n) is 2.01. The lowest BCUT2D eigenvalue weighted by Crippen LogP contribution is -2.37. The summed E-state index contributed by atoms with van der Waals surface area (Å²) in [5.41, 5.74) is 0.919. The molecule has 17 heavy (non-hydrogen) atoms. The molecule has 1 heterocycles. The Bertz CT molecular complexity index is 481. The van der Waals surface area contributed by atoms with E-state index < -0.39 is 0 Å². The maximum atomic E-state index is 12.0. The van der Waals surface area contributed by atoms with Crippen LogP contribution in [0.2, 0.25) is 0 Å². The molecule has 1 atom stereocenters. The Labute approximate surface area is 99.5 Å². The van der Waals surface area contributed by atoms with Crippen molar-refractivity contribution in [1.82, 2.24) is 4.90 Å². The molecule has 0 fully saturated rings. The number of carbonyl (C=O) groups excluding carboxylic acids is 2. The van der Waals surface area contributed by atoms with E-state index in [2.05, 4.69) is 0 Å². The summed E-state index contributed by atoms with van der Waals surface area (Å²) in [6.45, 7) is 1.79. The monoisotopic (exact) mass is 228 g/mol. The van der Waals surface area contributed by atoms with Crippen LogP contribution in [0.4, 0.5) is 0 Å². The fourth-order valence-corrected chi connectivity index (χ4v) is 2.01. The molecule has 0 aliphatic carbocycles. The SMILES string of the molecule is CC(CCC#N)N1C(=O)c2ccccc2C1=O. The summed E-state index contributed by atoms with van der Waals surface area (Å²) < 4.78 is 0. The summed E-state index contributed by atoms with van der Waals surface area (Å²) >= 11 is 0. The van der Waals surface area contributed by atoms with Crippen LogP contribution in [0.25, 0.3) is 0 Å². The molecule has 2 rings (SSSR count). The zero-order valence-corrected chi connectivity index (χ0v) is 9.51. The molecule has 0 N–H and O–H groups in total. The van der Waals surface area contributed by atoms with Gasteiger partial charge >= 0.3 is 0 Å². The van der Waals surface area contributed by atoms with Crippen LogP contribution in [0, 0.1) is 11.3 Å². The van der Waals surface area contributed by atoms with E-state index in [1.807, 2.05) is 6.07 Å². The van der Waals surface area contributed by atoms with Gasteiger partial charge in [0.2, 0.25) is 0 Å². The number of imide groups is 1. The number of nitrogens with zero attached hydrogens (tertiary/aromatic N) is 2. The van der Waals surface area contributed by atoms with Gasteiger partial charge in [-0.1, -0.05) is 12.1 Å². The van der Waals surface area contributed by atoms with Gasteiger partial charge in [0.1, 0.15) is 0 Å². The first-order valence-electron chi connectivity index (χ1n) is 5.50. The predicted octanol–water partition coefficient (Wildman–Crippen LogP) is 1.97. The molecule has 0 aromatic heterocycles. The first-order chi connectivity index (χ1) is 8.16. The van der Waals surface area contributed by atoms with Crippen molar-refractivity contribution >= 4 is 11.8 Å². The van der Waals surface area contributed by atoms with Gasteiger partial charge in [0.05, 0.1) is 17.2 Å². The topological polar surface area (TPSA) is 61.2 Å². The normalized spacial score (nSPS) is 15.6. The van der Waals surface area contributed by atoms with E-state index in [4.69, 9.17) is 5.26 Å². The molecule has 1 aliphatic heterocycles. The number of carbonyl (C=O) groups is 2. The molecule has 0 saturated heterocycles. The van der Waals surface area contributed by atoms with Crippen molar-refractivity contribution in [3.05, 3.63) is 35.4 Å². The first-order valence-corrected chi connectivity index (χ1v) is 5.50. The molecule has 4 heteroatoms. The van der Waals surface area contributed by atoms with Gasteiger partial charge in [0.25, 0.3) is 11.8 Å². The molecule has 0 radical (unpaired) electrons. The van der Waals surface area contributed by atoms with Crippen molar-refractivity contribution in [3.8, 4) is 6.07 Å². The van der Waals surface area contributed by atoms with E-state index in [1.54, 1.807) is 31.2 Å². The average Bonchev–Trinajstić information content (AvgIpc) is 2.60. The van der Waals surface area contributed by atoms with E-state index in [9.17, 15) is 9.59 Å². The highest BCUT2D eigenvalue weighted by molar-refractivity contribution is 6.21. The second-order valence-electron chi connectivity index (χ2n) is 4.07. The Balaban J connectivity index is 2.27. The summed E-state index contributed by atoms with van der Waals surface area (Å²) in [5.74, 6) is -0.507. The summed E-state index contributed by atoms with van der Waals surface area (Å²) in [5, 5.41) is 8.52. The average molecular weight is 228 g/mol. The van der Waals surface area contributed by atoms with Crippen molar-refractivity contribution < 1.29 is 9.59 Å². The Hall–Kier alpha value is -2.15. The van der Waals surface area contributed by atoms with Crippen LogP contribution in [0.5, 0.6) is 0 Å².